The third-order valence-electron chi connectivity index (χ3n) is 3.96. The number of carboxylic acids is 1. The molecule has 1 amide bonds. The Kier molecular flexibility index (Phi) is 4.77. The highest BCUT2D eigenvalue weighted by atomic mass is 16.4. The Morgan fingerprint density at radius 1 is 1.35 bits per heavy atom. The lowest BCUT2D eigenvalue weighted by Gasteiger charge is -2.29. The Labute approximate surface area is 119 Å². The summed E-state index contributed by atoms with van der Waals surface area (Å²) in [5, 5.41) is 11.6. The minimum absolute atomic E-state index is 0.000487. The Morgan fingerprint density at radius 3 is 2.80 bits per heavy atom. The van der Waals surface area contributed by atoms with Crippen LogP contribution in [0.1, 0.15) is 43.2 Å². The summed E-state index contributed by atoms with van der Waals surface area (Å²) in [6.45, 7) is 2.64. The molecule has 2 unspecified atom stereocenters. The summed E-state index contributed by atoms with van der Waals surface area (Å²) in [4.78, 5) is 22.5. The minimum atomic E-state index is -0.757. The van der Waals surface area contributed by atoms with Gasteiger partial charge in [-0.15, -0.1) is 0 Å². The average molecular weight is 275 g/mol. The number of rotatable bonds is 7. The largest absolute Gasteiger partial charge is 0.481 e. The van der Waals surface area contributed by atoms with Crippen LogP contribution < -0.4 is 5.32 Å². The van der Waals surface area contributed by atoms with Crippen LogP contribution in [-0.4, -0.2) is 23.5 Å². The summed E-state index contributed by atoms with van der Waals surface area (Å²) in [6.07, 6.45) is 2.52. The highest BCUT2D eigenvalue weighted by molar-refractivity contribution is 5.86. The number of hydrogen-bond acceptors (Lipinski definition) is 2. The fourth-order valence-electron chi connectivity index (χ4n) is 2.57. The van der Waals surface area contributed by atoms with Gasteiger partial charge in [-0.1, -0.05) is 31.2 Å². The number of carbonyl (C=O) groups is 2. The van der Waals surface area contributed by atoms with Gasteiger partial charge in [-0.2, -0.15) is 0 Å². The molecule has 0 heterocycles. The van der Waals surface area contributed by atoms with Crippen molar-refractivity contribution in [3.05, 3.63) is 35.4 Å². The van der Waals surface area contributed by atoms with Crippen LogP contribution >= 0.6 is 0 Å². The van der Waals surface area contributed by atoms with Crippen molar-refractivity contribution in [1.29, 1.82) is 0 Å². The predicted molar refractivity (Wildman–Crippen MR) is 76.5 cm³/mol. The van der Waals surface area contributed by atoms with Crippen molar-refractivity contribution in [2.75, 3.05) is 6.54 Å². The predicted octanol–water partition coefficient (Wildman–Crippen LogP) is 2.33. The van der Waals surface area contributed by atoms with E-state index in [0.29, 0.717) is 18.9 Å². The summed E-state index contributed by atoms with van der Waals surface area (Å²) >= 11 is 0. The van der Waals surface area contributed by atoms with Crippen molar-refractivity contribution in [3.8, 4) is 0 Å². The molecule has 0 radical (unpaired) electrons. The number of fused-ring (bicyclic) bond motifs is 1. The van der Waals surface area contributed by atoms with Crippen LogP contribution in [0.5, 0.6) is 0 Å². The Hall–Kier alpha value is -1.84. The maximum absolute atomic E-state index is 12.0. The first kappa shape index (κ1) is 14.6. The Bertz CT molecular complexity index is 498. The van der Waals surface area contributed by atoms with E-state index in [-0.39, 0.29) is 18.2 Å². The molecule has 2 N–H and O–H groups in total. The monoisotopic (exact) mass is 275 g/mol. The molecule has 1 aromatic rings. The topological polar surface area (TPSA) is 66.4 Å². The summed E-state index contributed by atoms with van der Waals surface area (Å²) in [5.74, 6) is -0.346. The van der Waals surface area contributed by atoms with Gasteiger partial charge in [-0.05, 0) is 36.3 Å². The lowest BCUT2D eigenvalue weighted by atomic mass is 9.77. The van der Waals surface area contributed by atoms with E-state index in [1.807, 2.05) is 25.1 Å². The van der Waals surface area contributed by atoms with Crippen molar-refractivity contribution in [1.82, 2.24) is 5.32 Å². The van der Waals surface area contributed by atoms with Crippen molar-refractivity contribution in [2.45, 2.75) is 38.5 Å². The lowest BCUT2D eigenvalue weighted by Crippen LogP contribution is -2.36. The first-order valence-corrected chi connectivity index (χ1v) is 7.15. The molecule has 0 saturated heterocycles. The number of nitrogens with one attached hydrogen (secondary N) is 1. The van der Waals surface area contributed by atoms with Crippen LogP contribution in [0.3, 0.4) is 0 Å². The van der Waals surface area contributed by atoms with Crippen molar-refractivity contribution in [3.63, 3.8) is 0 Å². The van der Waals surface area contributed by atoms with Gasteiger partial charge in [-0.3, -0.25) is 9.59 Å². The minimum Gasteiger partial charge on any atom is -0.481 e. The SMILES string of the molecule is CC(CCNC(=O)C1Cc2ccccc21)CCC(=O)O. The molecule has 0 fully saturated rings. The normalized spacial score (nSPS) is 17.8. The zero-order chi connectivity index (χ0) is 14.5. The molecule has 108 valence electrons. The number of aliphatic carboxylic acids is 1. The van der Waals surface area contributed by atoms with Gasteiger partial charge in [0.25, 0.3) is 0 Å². The zero-order valence-corrected chi connectivity index (χ0v) is 11.8. The summed E-state index contributed by atoms with van der Waals surface area (Å²) < 4.78 is 0. The second-order valence-corrected chi connectivity index (χ2v) is 5.57. The molecule has 2 rings (SSSR count). The summed E-state index contributed by atoms with van der Waals surface area (Å²) in [5.41, 5.74) is 2.41. The molecule has 0 bridgehead atoms. The second kappa shape index (κ2) is 6.55. The molecule has 2 atom stereocenters. The fourth-order valence-corrected chi connectivity index (χ4v) is 2.57. The zero-order valence-electron chi connectivity index (χ0n) is 11.8. The van der Waals surface area contributed by atoms with Crippen molar-refractivity contribution < 1.29 is 14.7 Å². The molecule has 20 heavy (non-hydrogen) atoms. The highest BCUT2D eigenvalue weighted by Gasteiger charge is 2.31. The van der Waals surface area contributed by atoms with Crippen LogP contribution in [0, 0.1) is 5.92 Å². The maximum atomic E-state index is 12.0. The van der Waals surface area contributed by atoms with E-state index >= 15 is 0 Å². The van der Waals surface area contributed by atoms with Crippen LogP contribution in [0.4, 0.5) is 0 Å². The van der Waals surface area contributed by atoms with Crippen molar-refractivity contribution >= 4 is 11.9 Å². The van der Waals surface area contributed by atoms with E-state index in [1.165, 1.54) is 5.56 Å². The van der Waals surface area contributed by atoms with Crippen LogP contribution in [-0.2, 0) is 16.0 Å². The van der Waals surface area contributed by atoms with Gasteiger partial charge in [0, 0.05) is 13.0 Å². The van der Waals surface area contributed by atoms with Gasteiger partial charge < -0.3 is 10.4 Å². The summed E-state index contributed by atoms with van der Waals surface area (Å²) in [6, 6.07) is 8.04. The molecule has 0 aliphatic heterocycles. The molecule has 4 nitrogen and oxygen atoms in total. The smallest absolute Gasteiger partial charge is 0.303 e. The Morgan fingerprint density at radius 2 is 2.10 bits per heavy atom. The number of benzene rings is 1. The standard InChI is InChI=1S/C16H21NO3/c1-11(6-7-15(18)19)8-9-17-16(20)14-10-12-4-2-3-5-13(12)14/h2-5,11,14H,6-10H2,1H3,(H,17,20)(H,18,19). The third-order valence-corrected chi connectivity index (χ3v) is 3.96. The molecule has 1 aromatic carbocycles. The first-order chi connectivity index (χ1) is 9.58. The molecule has 1 aliphatic rings. The fraction of sp³-hybridized carbons (Fsp3) is 0.500. The molecule has 0 spiro atoms. The molecule has 0 aromatic heterocycles. The average Bonchev–Trinajstić information content (AvgIpc) is 2.38. The van der Waals surface area contributed by atoms with Crippen LogP contribution in [0.15, 0.2) is 24.3 Å². The first-order valence-electron chi connectivity index (χ1n) is 7.15. The van der Waals surface area contributed by atoms with Gasteiger partial charge >= 0.3 is 5.97 Å². The molecule has 1 aliphatic carbocycles. The van der Waals surface area contributed by atoms with E-state index in [4.69, 9.17) is 5.11 Å². The quantitative estimate of drug-likeness (QED) is 0.802. The number of amides is 1. The van der Waals surface area contributed by atoms with E-state index in [0.717, 1.165) is 18.4 Å². The van der Waals surface area contributed by atoms with E-state index in [9.17, 15) is 9.59 Å². The van der Waals surface area contributed by atoms with Gasteiger partial charge in [-0.25, -0.2) is 0 Å². The summed E-state index contributed by atoms with van der Waals surface area (Å²) in [7, 11) is 0. The highest BCUT2D eigenvalue weighted by Crippen LogP contribution is 2.34. The number of carbonyl (C=O) groups excluding carboxylic acids is 1. The molecule has 0 saturated carbocycles. The van der Waals surface area contributed by atoms with Crippen LogP contribution in [0.2, 0.25) is 0 Å². The van der Waals surface area contributed by atoms with Gasteiger partial charge in [0.2, 0.25) is 5.91 Å². The lowest BCUT2D eigenvalue weighted by molar-refractivity contribution is -0.137. The number of hydrogen-bond donors (Lipinski definition) is 2. The molecule has 4 heteroatoms. The molecular formula is C16H21NO3. The van der Waals surface area contributed by atoms with Gasteiger partial charge in [0.05, 0.1) is 5.92 Å². The van der Waals surface area contributed by atoms with Gasteiger partial charge in [0.15, 0.2) is 0 Å². The van der Waals surface area contributed by atoms with Gasteiger partial charge in [0.1, 0.15) is 0 Å². The van der Waals surface area contributed by atoms with Crippen LogP contribution in [0.25, 0.3) is 0 Å². The third kappa shape index (κ3) is 3.59. The second-order valence-electron chi connectivity index (χ2n) is 5.57. The number of carboxylic acid groups (broad SMARTS) is 1. The maximum Gasteiger partial charge on any atom is 0.303 e. The van der Waals surface area contributed by atoms with E-state index in [2.05, 4.69) is 11.4 Å². The molecular weight excluding hydrogens is 254 g/mol. The van der Waals surface area contributed by atoms with Crippen molar-refractivity contribution in [2.24, 2.45) is 5.92 Å². The Balaban J connectivity index is 1.68. The van der Waals surface area contributed by atoms with E-state index < -0.39 is 5.97 Å². The van der Waals surface area contributed by atoms with E-state index in [1.54, 1.807) is 0 Å².